The quantitative estimate of drug-likeness (QED) is 0.622. The Labute approximate surface area is 92.8 Å². The first-order valence-electron chi connectivity index (χ1n) is 5.08. The molecule has 1 aromatic rings. The lowest BCUT2D eigenvalue weighted by atomic mass is 10.1. The predicted molar refractivity (Wildman–Crippen MR) is 57.5 cm³/mol. The standard InChI is InChI=1S/C11H13NO4/c1-16-10-3-2-8(6-9(10)12(14)15)7-11(13)4-5-11/h2-3,6,13H,4-5,7H2,1H3. The number of nitro groups is 1. The highest BCUT2D eigenvalue weighted by molar-refractivity contribution is 5.49. The van der Waals surface area contributed by atoms with Crippen molar-refractivity contribution in [2.24, 2.45) is 0 Å². The normalized spacial score (nSPS) is 16.9. The zero-order chi connectivity index (χ0) is 11.8. The molecule has 1 saturated carbocycles. The number of hydrogen-bond acceptors (Lipinski definition) is 4. The SMILES string of the molecule is COc1ccc(CC2(O)CC2)cc1[N+](=O)[O-]. The first-order valence-corrected chi connectivity index (χ1v) is 5.08. The van der Waals surface area contributed by atoms with Gasteiger partial charge >= 0.3 is 5.69 Å². The molecule has 0 aromatic heterocycles. The molecule has 0 saturated heterocycles. The molecule has 1 fully saturated rings. The van der Waals surface area contributed by atoms with Crippen LogP contribution in [-0.2, 0) is 6.42 Å². The maximum atomic E-state index is 10.8. The van der Waals surface area contributed by atoms with Crippen LogP contribution in [0.4, 0.5) is 5.69 Å². The Morgan fingerprint density at radius 2 is 2.25 bits per heavy atom. The second-order valence-corrected chi connectivity index (χ2v) is 4.16. The summed E-state index contributed by atoms with van der Waals surface area (Å²) in [4.78, 5) is 10.3. The minimum atomic E-state index is -0.636. The van der Waals surface area contributed by atoms with E-state index in [0.717, 1.165) is 18.4 Å². The van der Waals surface area contributed by atoms with E-state index in [9.17, 15) is 15.2 Å². The summed E-state index contributed by atoms with van der Waals surface area (Å²) in [5.41, 5.74) is 0.0828. The highest BCUT2D eigenvalue weighted by Crippen LogP contribution is 2.39. The molecule has 1 aromatic carbocycles. The monoisotopic (exact) mass is 223 g/mol. The highest BCUT2D eigenvalue weighted by atomic mass is 16.6. The molecule has 86 valence electrons. The van der Waals surface area contributed by atoms with Crippen molar-refractivity contribution in [3.8, 4) is 5.75 Å². The Hall–Kier alpha value is -1.62. The Morgan fingerprint density at radius 3 is 2.75 bits per heavy atom. The van der Waals surface area contributed by atoms with Crippen LogP contribution in [0.5, 0.6) is 5.75 Å². The lowest BCUT2D eigenvalue weighted by Gasteiger charge is -2.08. The first kappa shape index (κ1) is 10.9. The fourth-order valence-electron chi connectivity index (χ4n) is 1.69. The minimum absolute atomic E-state index is 0.0516. The number of nitro benzene ring substituents is 1. The topological polar surface area (TPSA) is 72.6 Å². The van der Waals surface area contributed by atoms with E-state index < -0.39 is 10.5 Å². The third-order valence-electron chi connectivity index (χ3n) is 2.80. The van der Waals surface area contributed by atoms with Crippen LogP contribution in [0.15, 0.2) is 18.2 Å². The van der Waals surface area contributed by atoms with E-state index in [1.165, 1.54) is 13.2 Å². The summed E-state index contributed by atoms with van der Waals surface area (Å²) >= 11 is 0. The van der Waals surface area contributed by atoms with Crippen molar-refractivity contribution in [1.82, 2.24) is 0 Å². The molecule has 5 nitrogen and oxygen atoms in total. The molecule has 0 aliphatic heterocycles. The van der Waals surface area contributed by atoms with Crippen molar-refractivity contribution in [3.05, 3.63) is 33.9 Å². The molecule has 0 spiro atoms. The van der Waals surface area contributed by atoms with E-state index in [-0.39, 0.29) is 11.4 Å². The zero-order valence-electron chi connectivity index (χ0n) is 8.97. The second-order valence-electron chi connectivity index (χ2n) is 4.16. The van der Waals surface area contributed by atoms with E-state index in [1.54, 1.807) is 12.1 Å². The van der Waals surface area contributed by atoms with Gasteiger partial charge in [0, 0.05) is 12.5 Å². The number of benzene rings is 1. The summed E-state index contributed by atoms with van der Waals surface area (Å²) in [7, 11) is 1.40. The number of ether oxygens (including phenoxy) is 1. The summed E-state index contributed by atoms with van der Waals surface area (Å²) in [5, 5.41) is 20.5. The van der Waals surface area contributed by atoms with Crippen molar-refractivity contribution < 1.29 is 14.8 Å². The maximum Gasteiger partial charge on any atom is 0.311 e. The number of methoxy groups -OCH3 is 1. The van der Waals surface area contributed by atoms with Gasteiger partial charge in [-0.1, -0.05) is 6.07 Å². The van der Waals surface area contributed by atoms with Crippen molar-refractivity contribution in [2.45, 2.75) is 24.9 Å². The van der Waals surface area contributed by atoms with E-state index in [0.29, 0.717) is 6.42 Å². The van der Waals surface area contributed by atoms with Crippen LogP contribution < -0.4 is 4.74 Å². The highest BCUT2D eigenvalue weighted by Gasteiger charge is 2.40. The third kappa shape index (κ3) is 2.14. The molecule has 0 amide bonds. The average Bonchev–Trinajstić information content (AvgIpc) is 2.96. The molecular formula is C11H13NO4. The zero-order valence-corrected chi connectivity index (χ0v) is 8.97. The molecule has 16 heavy (non-hydrogen) atoms. The smallest absolute Gasteiger partial charge is 0.311 e. The molecule has 0 atom stereocenters. The number of aliphatic hydroxyl groups is 1. The van der Waals surface area contributed by atoms with Crippen LogP contribution in [0.3, 0.4) is 0 Å². The lowest BCUT2D eigenvalue weighted by molar-refractivity contribution is -0.385. The van der Waals surface area contributed by atoms with Crippen LogP contribution in [0.25, 0.3) is 0 Å². The Morgan fingerprint density at radius 1 is 1.56 bits per heavy atom. The van der Waals surface area contributed by atoms with Crippen LogP contribution in [0.2, 0.25) is 0 Å². The van der Waals surface area contributed by atoms with Crippen molar-refractivity contribution in [1.29, 1.82) is 0 Å². The molecule has 5 heteroatoms. The Balaban J connectivity index is 2.27. The molecule has 0 heterocycles. The molecule has 0 radical (unpaired) electrons. The van der Waals surface area contributed by atoms with Crippen molar-refractivity contribution in [3.63, 3.8) is 0 Å². The van der Waals surface area contributed by atoms with Gasteiger partial charge in [-0.05, 0) is 24.5 Å². The lowest BCUT2D eigenvalue weighted by Crippen LogP contribution is -2.10. The van der Waals surface area contributed by atoms with E-state index >= 15 is 0 Å². The third-order valence-corrected chi connectivity index (χ3v) is 2.80. The van der Waals surface area contributed by atoms with Gasteiger partial charge < -0.3 is 9.84 Å². The molecule has 1 N–H and O–H groups in total. The van der Waals surface area contributed by atoms with Crippen molar-refractivity contribution >= 4 is 5.69 Å². The molecule has 2 rings (SSSR count). The van der Waals surface area contributed by atoms with Gasteiger partial charge in [-0.15, -0.1) is 0 Å². The average molecular weight is 223 g/mol. The number of hydrogen-bond donors (Lipinski definition) is 1. The van der Waals surface area contributed by atoms with Gasteiger partial charge in [0.2, 0.25) is 0 Å². The van der Waals surface area contributed by atoms with Gasteiger partial charge in [0.1, 0.15) is 0 Å². The summed E-state index contributed by atoms with van der Waals surface area (Å²) in [5.74, 6) is 0.247. The number of nitrogens with zero attached hydrogens (tertiary/aromatic N) is 1. The van der Waals surface area contributed by atoms with E-state index in [2.05, 4.69) is 0 Å². The number of rotatable bonds is 4. The van der Waals surface area contributed by atoms with Crippen molar-refractivity contribution in [2.75, 3.05) is 7.11 Å². The molecule has 1 aliphatic carbocycles. The van der Waals surface area contributed by atoms with Gasteiger partial charge in [0.25, 0.3) is 0 Å². The fourth-order valence-corrected chi connectivity index (χ4v) is 1.69. The van der Waals surface area contributed by atoms with E-state index in [1.807, 2.05) is 0 Å². The van der Waals surface area contributed by atoms with E-state index in [4.69, 9.17) is 4.74 Å². The van der Waals surface area contributed by atoms with Crippen LogP contribution >= 0.6 is 0 Å². The largest absolute Gasteiger partial charge is 0.490 e. The summed E-state index contributed by atoms with van der Waals surface area (Å²) in [6.07, 6.45) is 2.01. The maximum absolute atomic E-state index is 10.8. The molecule has 0 bridgehead atoms. The Kier molecular flexibility index (Phi) is 2.55. The van der Waals surface area contributed by atoms with Crippen LogP contribution in [0.1, 0.15) is 18.4 Å². The van der Waals surface area contributed by atoms with Gasteiger partial charge in [-0.2, -0.15) is 0 Å². The van der Waals surface area contributed by atoms with Crippen LogP contribution in [0, 0.1) is 10.1 Å². The van der Waals surface area contributed by atoms with Gasteiger partial charge in [0.05, 0.1) is 17.6 Å². The molecular weight excluding hydrogens is 210 g/mol. The summed E-state index contributed by atoms with van der Waals surface area (Å²) in [6, 6.07) is 4.79. The minimum Gasteiger partial charge on any atom is -0.490 e. The second kappa shape index (κ2) is 3.75. The summed E-state index contributed by atoms with van der Waals surface area (Å²) < 4.78 is 4.90. The summed E-state index contributed by atoms with van der Waals surface area (Å²) in [6.45, 7) is 0. The fraction of sp³-hybridized carbons (Fsp3) is 0.455. The van der Waals surface area contributed by atoms with Gasteiger partial charge in [-0.25, -0.2) is 0 Å². The Bertz CT molecular complexity index is 426. The van der Waals surface area contributed by atoms with Crippen LogP contribution in [-0.4, -0.2) is 22.7 Å². The van der Waals surface area contributed by atoms with Gasteiger partial charge in [0.15, 0.2) is 5.75 Å². The van der Waals surface area contributed by atoms with Gasteiger partial charge in [-0.3, -0.25) is 10.1 Å². The molecule has 0 unspecified atom stereocenters. The first-order chi connectivity index (χ1) is 7.54. The molecule has 1 aliphatic rings. The predicted octanol–water partition coefficient (Wildman–Crippen LogP) is 1.67.